The molecule has 4 N–H and O–H groups in total. The van der Waals surface area contributed by atoms with Crippen molar-refractivity contribution in [3.63, 3.8) is 0 Å². The maximum absolute atomic E-state index is 12.7. The summed E-state index contributed by atoms with van der Waals surface area (Å²) in [7, 11) is 0. The highest BCUT2D eigenvalue weighted by atomic mass is 16.3. The second-order valence-corrected chi connectivity index (χ2v) is 7.79. The zero-order valence-electron chi connectivity index (χ0n) is 16.9. The van der Waals surface area contributed by atoms with Crippen molar-refractivity contribution in [1.29, 1.82) is 0 Å². The summed E-state index contributed by atoms with van der Waals surface area (Å²) in [6, 6.07) is 16.2. The van der Waals surface area contributed by atoms with Crippen LogP contribution in [0.5, 0.6) is 0 Å². The number of carbonyl (C=O) groups is 1. The molecule has 0 saturated carbocycles. The van der Waals surface area contributed by atoms with Crippen molar-refractivity contribution in [3.8, 4) is 22.4 Å². The third kappa shape index (κ3) is 2.70. The largest absolute Gasteiger partial charge is 0.396 e. The molecule has 3 aromatic heterocycles. The van der Waals surface area contributed by atoms with Gasteiger partial charge < -0.3 is 20.1 Å². The molecule has 0 radical (unpaired) electrons. The fourth-order valence-corrected chi connectivity index (χ4v) is 4.46. The van der Waals surface area contributed by atoms with E-state index in [1.807, 2.05) is 61.8 Å². The van der Waals surface area contributed by atoms with Crippen LogP contribution in [-0.4, -0.2) is 32.4 Å². The van der Waals surface area contributed by atoms with Crippen LogP contribution in [0, 0.1) is 0 Å². The maximum atomic E-state index is 12.7. The van der Waals surface area contributed by atoms with Crippen LogP contribution >= 0.6 is 0 Å². The Kier molecular flexibility index (Phi) is 4.33. The molecule has 0 amide bonds. The first-order chi connectivity index (χ1) is 14.6. The highest BCUT2D eigenvalue weighted by Crippen LogP contribution is 2.43. The Labute approximate surface area is 173 Å². The normalized spacial score (nSPS) is 12.6. The van der Waals surface area contributed by atoms with Crippen molar-refractivity contribution in [3.05, 3.63) is 72.2 Å². The van der Waals surface area contributed by atoms with Crippen molar-refractivity contribution in [2.24, 2.45) is 0 Å². The smallest absolute Gasteiger partial charge is 0.176 e. The number of ketones is 1. The minimum atomic E-state index is -0.150. The van der Waals surface area contributed by atoms with Gasteiger partial charge in [0.05, 0.1) is 11.4 Å². The second kappa shape index (κ2) is 7.04. The fraction of sp³-hybridized carbons (Fsp3) is 0.160. The number of aromatic amines is 3. The number of hydrogen-bond donors (Lipinski definition) is 4. The predicted molar refractivity (Wildman–Crippen MR) is 121 cm³/mol. The van der Waals surface area contributed by atoms with Crippen molar-refractivity contribution in [2.45, 2.75) is 19.8 Å². The average Bonchev–Trinajstić information content (AvgIpc) is 3.49. The van der Waals surface area contributed by atoms with Crippen LogP contribution < -0.4 is 0 Å². The summed E-state index contributed by atoms with van der Waals surface area (Å²) in [6.07, 6.45) is 3.82. The van der Waals surface area contributed by atoms with Crippen LogP contribution in [0.4, 0.5) is 0 Å². The number of benzene rings is 2. The van der Waals surface area contributed by atoms with E-state index in [9.17, 15) is 9.90 Å². The summed E-state index contributed by atoms with van der Waals surface area (Å²) in [6.45, 7) is 3.57. The molecule has 1 unspecified atom stereocenters. The van der Waals surface area contributed by atoms with E-state index in [4.69, 9.17) is 0 Å². The molecular weight excluding hydrogens is 374 g/mol. The van der Waals surface area contributed by atoms with Crippen LogP contribution in [0.2, 0.25) is 0 Å². The van der Waals surface area contributed by atoms with Gasteiger partial charge in [-0.3, -0.25) is 4.79 Å². The monoisotopic (exact) mass is 397 g/mol. The van der Waals surface area contributed by atoms with Gasteiger partial charge in [-0.15, -0.1) is 0 Å². The summed E-state index contributed by atoms with van der Waals surface area (Å²) in [5, 5.41) is 12.2. The summed E-state index contributed by atoms with van der Waals surface area (Å²) >= 11 is 0. The molecule has 5 rings (SSSR count). The third-order valence-electron chi connectivity index (χ3n) is 5.89. The van der Waals surface area contributed by atoms with Gasteiger partial charge in [0.25, 0.3) is 0 Å². The van der Waals surface area contributed by atoms with Crippen molar-refractivity contribution in [1.82, 2.24) is 15.0 Å². The van der Waals surface area contributed by atoms with Gasteiger partial charge >= 0.3 is 0 Å². The fourth-order valence-electron chi connectivity index (χ4n) is 4.46. The Balaban J connectivity index is 1.90. The lowest BCUT2D eigenvalue weighted by molar-refractivity contribution is 0.101. The van der Waals surface area contributed by atoms with Crippen molar-refractivity contribution < 1.29 is 9.90 Å². The molecule has 0 spiro atoms. The maximum Gasteiger partial charge on any atom is 0.176 e. The number of aromatic nitrogens is 3. The number of Topliss-reactive ketones (excluding diaryl/α,β-unsaturated/α-hetero) is 1. The molecule has 2 aromatic carbocycles. The van der Waals surface area contributed by atoms with Crippen LogP contribution in [-0.2, 0) is 0 Å². The minimum absolute atomic E-state index is 0.0125. The Bertz CT molecular complexity index is 1390. The number of hydrogen-bond acceptors (Lipinski definition) is 2. The van der Waals surface area contributed by atoms with Gasteiger partial charge in [0.15, 0.2) is 5.78 Å². The molecular formula is C25H23N3O2. The molecule has 0 aliphatic heterocycles. The number of aliphatic hydroxyl groups excluding tert-OH is 1. The van der Waals surface area contributed by atoms with Gasteiger partial charge in [-0.25, -0.2) is 0 Å². The van der Waals surface area contributed by atoms with Crippen LogP contribution in [0.3, 0.4) is 0 Å². The average molecular weight is 397 g/mol. The van der Waals surface area contributed by atoms with Gasteiger partial charge in [-0.2, -0.15) is 0 Å². The van der Waals surface area contributed by atoms with Gasteiger partial charge in [-0.05, 0) is 35.4 Å². The molecule has 1 atom stereocenters. The van der Waals surface area contributed by atoms with E-state index in [0.717, 1.165) is 49.8 Å². The lowest BCUT2D eigenvalue weighted by atomic mass is 9.88. The van der Waals surface area contributed by atoms with Crippen LogP contribution in [0.1, 0.15) is 35.8 Å². The first kappa shape index (κ1) is 18.5. The van der Waals surface area contributed by atoms with Crippen molar-refractivity contribution >= 4 is 27.6 Å². The van der Waals surface area contributed by atoms with Gasteiger partial charge in [-0.1, -0.05) is 31.2 Å². The molecule has 150 valence electrons. The molecule has 0 bridgehead atoms. The summed E-state index contributed by atoms with van der Waals surface area (Å²) < 4.78 is 0. The summed E-state index contributed by atoms with van der Waals surface area (Å²) in [4.78, 5) is 22.7. The zero-order valence-corrected chi connectivity index (χ0v) is 16.9. The van der Waals surface area contributed by atoms with Gasteiger partial charge in [0.2, 0.25) is 0 Å². The van der Waals surface area contributed by atoms with E-state index in [1.54, 1.807) is 6.92 Å². The highest BCUT2D eigenvalue weighted by Gasteiger charge is 2.27. The quantitative estimate of drug-likeness (QED) is 0.291. The van der Waals surface area contributed by atoms with E-state index in [0.29, 0.717) is 5.69 Å². The standard InChI is InChI=1S/C25H23N3O2/c1-14(13-29)22-23(18-5-3-7-20-16(18)9-11-26-20)24(15(2)30)28-25(22)19-6-4-8-21-17(19)10-12-27-21/h3-12,14,26-29H,13H2,1-2H3. The number of carbonyl (C=O) groups excluding carboxylic acids is 1. The van der Waals surface area contributed by atoms with Crippen LogP contribution in [0.25, 0.3) is 44.2 Å². The molecule has 5 aromatic rings. The van der Waals surface area contributed by atoms with E-state index in [2.05, 4.69) is 21.0 Å². The van der Waals surface area contributed by atoms with Crippen molar-refractivity contribution in [2.75, 3.05) is 6.61 Å². The lowest BCUT2D eigenvalue weighted by Gasteiger charge is -2.15. The molecule has 0 aliphatic carbocycles. The molecule has 0 saturated heterocycles. The molecule has 0 aliphatic rings. The SMILES string of the molecule is CC(=O)c1[nH]c(-c2cccc3[nH]ccc23)c(C(C)CO)c1-c1cccc2[nH]ccc12. The van der Waals surface area contributed by atoms with E-state index in [1.165, 1.54) is 0 Å². The first-order valence-corrected chi connectivity index (χ1v) is 10.1. The lowest BCUT2D eigenvalue weighted by Crippen LogP contribution is -2.03. The highest BCUT2D eigenvalue weighted by molar-refractivity contribution is 6.08. The van der Waals surface area contributed by atoms with E-state index >= 15 is 0 Å². The Hall–Kier alpha value is -3.57. The molecule has 30 heavy (non-hydrogen) atoms. The second-order valence-electron chi connectivity index (χ2n) is 7.79. The molecule has 0 fully saturated rings. The number of aliphatic hydroxyl groups is 1. The number of H-pyrrole nitrogens is 3. The van der Waals surface area contributed by atoms with Gasteiger partial charge in [0, 0.05) is 64.8 Å². The number of rotatable bonds is 5. The number of nitrogens with one attached hydrogen (secondary N) is 3. The third-order valence-corrected chi connectivity index (χ3v) is 5.89. The molecule has 5 heteroatoms. The topological polar surface area (TPSA) is 84.7 Å². The zero-order chi connectivity index (χ0) is 20.8. The predicted octanol–water partition coefficient (Wildman–Crippen LogP) is 5.61. The van der Waals surface area contributed by atoms with E-state index in [-0.39, 0.29) is 18.3 Å². The minimum Gasteiger partial charge on any atom is -0.396 e. The Morgan fingerprint density at radius 2 is 1.53 bits per heavy atom. The van der Waals surface area contributed by atoms with Gasteiger partial charge in [0.1, 0.15) is 0 Å². The Morgan fingerprint density at radius 1 is 0.933 bits per heavy atom. The summed E-state index contributed by atoms with van der Waals surface area (Å²) in [5.41, 5.74) is 7.33. The van der Waals surface area contributed by atoms with E-state index < -0.39 is 0 Å². The number of fused-ring (bicyclic) bond motifs is 2. The van der Waals surface area contributed by atoms with Crippen LogP contribution in [0.15, 0.2) is 60.9 Å². The first-order valence-electron chi connectivity index (χ1n) is 10.1. The summed E-state index contributed by atoms with van der Waals surface area (Å²) in [5.74, 6) is -0.181. The Morgan fingerprint density at radius 3 is 2.13 bits per heavy atom. The molecule has 5 nitrogen and oxygen atoms in total. The molecule has 3 heterocycles.